The van der Waals surface area contributed by atoms with Crippen LogP contribution in [0.25, 0.3) is 0 Å². The van der Waals surface area contributed by atoms with E-state index >= 15 is 0 Å². The number of aliphatic hydroxyl groups is 1. The maximum absolute atomic E-state index is 12.4. The monoisotopic (exact) mass is 296 g/mol. The van der Waals surface area contributed by atoms with Crippen molar-refractivity contribution in [1.29, 1.82) is 0 Å². The fourth-order valence-electron chi connectivity index (χ4n) is 2.68. The largest absolute Gasteiger partial charge is 0.406 e. The minimum Gasteiger partial charge on any atom is -0.395 e. The zero-order chi connectivity index (χ0) is 15.2. The summed E-state index contributed by atoms with van der Waals surface area (Å²) in [7, 11) is 0. The van der Waals surface area contributed by atoms with Crippen LogP contribution < -0.4 is 5.73 Å². The molecule has 0 aliphatic heterocycles. The number of nitrogens with two attached hydrogens (primary N) is 1. The van der Waals surface area contributed by atoms with Crippen LogP contribution in [0, 0.1) is 11.8 Å². The van der Waals surface area contributed by atoms with Gasteiger partial charge in [0.1, 0.15) is 6.54 Å². The van der Waals surface area contributed by atoms with Crippen molar-refractivity contribution in [2.45, 2.75) is 38.3 Å². The third-order valence-corrected chi connectivity index (χ3v) is 3.86. The first-order valence-corrected chi connectivity index (χ1v) is 7.01. The third kappa shape index (κ3) is 6.09. The Hall–Kier alpha value is -0.820. The minimum absolute atomic E-state index is 0.132. The molecule has 0 spiro atoms. The molecule has 1 aliphatic rings. The molecule has 1 rings (SSSR count). The van der Waals surface area contributed by atoms with Gasteiger partial charge in [0.25, 0.3) is 0 Å². The summed E-state index contributed by atoms with van der Waals surface area (Å²) in [5, 5.41) is 8.78. The molecule has 1 saturated carbocycles. The number of carbonyl (C=O) groups is 1. The second-order valence-corrected chi connectivity index (χ2v) is 5.48. The van der Waals surface area contributed by atoms with Crippen LogP contribution in [0.15, 0.2) is 0 Å². The Labute approximate surface area is 117 Å². The Balaban J connectivity index is 2.46. The Morgan fingerprint density at radius 2 is 1.75 bits per heavy atom. The van der Waals surface area contributed by atoms with Gasteiger partial charge < -0.3 is 15.7 Å². The van der Waals surface area contributed by atoms with Crippen LogP contribution in [-0.4, -0.2) is 48.3 Å². The molecule has 20 heavy (non-hydrogen) atoms. The normalized spacial score (nSPS) is 23.6. The summed E-state index contributed by atoms with van der Waals surface area (Å²) in [4.78, 5) is 12.6. The molecule has 1 aliphatic carbocycles. The molecule has 1 fully saturated rings. The van der Waals surface area contributed by atoms with Crippen LogP contribution in [0.3, 0.4) is 0 Å². The molecule has 1 amide bonds. The fraction of sp³-hybridized carbons (Fsp3) is 0.923. The number of carbonyl (C=O) groups excluding carboxylic acids is 1. The van der Waals surface area contributed by atoms with Gasteiger partial charge in [-0.1, -0.05) is 0 Å². The van der Waals surface area contributed by atoms with Crippen molar-refractivity contribution < 1.29 is 23.1 Å². The molecule has 0 aromatic rings. The second kappa shape index (κ2) is 7.83. The van der Waals surface area contributed by atoms with Crippen molar-refractivity contribution >= 4 is 5.91 Å². The highest BCUT2D eigenvalue weighted by atomic mass is 19.4. The number of halogens is 3. The van der Waals surface area contributed by atoms with Gasteiger partial charge >= 0.3 is 6.18 Å². The Bertz CT molecular complexity index is 302. The van der Waals surface area contributed by atoms with Gasteiger partial charge in [-0.05, 0) is 44.1 Å². The van der Waals surface area contributed by atoms with E-state index in [1.54, 1.807) is 0 Å². The average Bonchev–Trinajstić information content (AvgIpc) is 2.37. The number of aliphatic hydroxyl groups excluding tert-OH is 1. The summed E-state index contributed by atoms with van der Waals surface area (Å²) in [6.45, 7) is -1.38. The van der Waals surface area contributed by atoms with Crippen LogP contribution in [-0.2, 0) is 4.79 Å². The number of rotatable bonds is 6. The Morgan fingerprint density at radius 3 is 2.20 bits per heavy atom. The van der Waals surface area contributed by atoms with Gasteiger partial charge in [0.2, 0.25) is 5.91 Å². The van der Waals surface area contributed by atoms with E-state index in [9.17, 15) is 18.0 Å². The second-order valence-electron chi connectivity index (χ2n) is 5.48. The number of hydrogen-bond acceptors (Lipinski definition) is 3. The minimum atomic E-state index is -4.43. The van der Waals surface area contributed by atoms with Crippen molar-refractivity contribution in [3.05, 3.63) is 0 Å². The predicted octanol–water partition coefficient (Wildman–Crippen LogP) is 1.52. The summed E-state index contributed by atoms with van der Waals surface area (Å²) in [6.07, 6.45) is -0.740. The van der Waals surface area contributed by atoms with E-state index in [-0.39, 0.29) is 18.9 Å². The van der Waals surface area contributed by atoms with Gasteiger partial charge in [0.05, 0.1) is 6.61 Å². The molecule has 0 heterocycles. The van der Waals surface area contributed by atoms with Crippen LogP contribution in [0.5, 0.6) is 0 Å². The van der Waals surface area contributed by atoms with E-state index in [2.05, 4.69) is 0 Å². The molecule has 0 unspecified atom stereocenters. The first kappa shape index (κ1) is 17.2. The highest BCUT2D eigenvalue weighted by molar-refractivity contribution is 5.76. The number of alkyl halides is 3. The van der Waals surface area contributed by atoms with E-state index in [0.717, 1.165) is 25.7 Å². The first-order chi connectivity index (χ1) is 9.35. The van der Waals surface area contributed by atoms with E-state index in [1.807, 2.05) is 0 Å². The van der Waals surface area contributed by atoms with Crippen LogP contribution in [0.2, 0.25) is 0 Å². The predicted molar refractivity (Wildman–Crippen MR) is 68.8 cm³/mol. The molecule has 4 nitrogen and oxygen atoms in total. The van der Waals surface area contributed by atoms with Gasteiger partial charge in [-0.3, -0.25) is 4.79 Å². The third-order valence-electron chi connectivity index (χ3n) is 3.86. The van der Waals surface area contributed by atoms with Crippen LogP contribution in [0.4, 0.5) is 13.2 Å². The van der Waals surface area contributed by atoms with Crippen molar-refractivity contribution in [2.75, 3.05) is 26.2 Å². The van der Waals surface area contributed by atoms with Gasteiger partial charge in [-0.15, -0.1) is 0 Å². The molecule has 3 N–H and O–H groups in total. The maximum atomic E-state index is 12.4. The van der Waals surface area contributed by atoms with Gasteiger partial charge in [-0.2, -0.15) is 13.2 Å². The van der Waals surface area contributed by atoms with E-state index in [4.69, 9.17) is 10.8 Å². The lowest BCUT2D eigenvalue weighted by Gasteiger charge is -2.29. The fourth-order valence-corrected chi connectivity index (χ4v) is 2.68. The summed E-state index contributed by atoms with van der Waals surface area (Å²) in [5.41, 5.74) is 5.58. The van der Waals surface area contributed by atoms with Crippen molar-refractivity contribution in [1.82, 2.24) is 4.90 Å². The van der Waals surface area contributed by atoms with Gasteiger partial charge in [0.15, 0.2) is 0 Å². The van der Waals surface area contributed by atoms with E-state index < -0.39 is 25.2 Å². The topological polar surface area (TPSA) is 66.6 Å². The zero-order valence-corrected chi connectivity index (χ0v) is 11.5. The molecule has 0 atom stereocenters. The summed E-state index contributed by atoms with van der Waals surface area (Å²) in [6, 6.07) is 0. The summed E-state index contributed by atoms with van der Waals surface area (Å²) < 4.78 is 37.1. The Morgan fingerprint density at radius 1 is 1.20 bits per heavy atom. The lowest BCUT2D eigenvalue weighted by molar-refractivity contribution is -0.162. The number of amides is 1. The van der Waals surface area contributed by atoms with Crippen molar-refractivity contribution in [3.8, 4) is 0 Å². The average molecular weight is 296 g/mol. The highest BCUT2D eigenvalue weighted by Crippen LogP contribution is 2.30. The lowest BCUT2D eigenvalue weighted by Crippen LogP contribution is -2.41. The molecular weight excluding hydrogens is 273 g/mol. The standard InChI is InChI=1S/C13H23F3N2O2/c14-13(15,16)9-18(5-6-19)12(20)7-10-1-3-11(8-17)4-2-10/h10-11,19H,1-9,17H2. The number of hydrogen-bond donors (Lipinski definition) is 2. The van der Waals surface area contributed by atoms with E-state index in [0.29, 0.717) is 17.4 Å². The van der Waals surface area contributed by atoms with Crippen molar-refractivity contribution in [2.24, 2.45) is 17.6 Å². The quantitative estimate of drug-likeness (QED) is 0.781. The number of nitrogens with zero attached hydrogens (tertiary/aromatic N) is 1. The smallest absolute Gasteiger partial charge is 0.395 e. The summed E-state index contributed by atoms with van der Waals surface area (Å²) >= 11 is 0. The molecule has 0 bridgehead atoms. The van der Waals surface area contributed by atoms with Crippen LogP contribution >= 0.6 is 0 Å². The highest BCUT2D eigenvalue weighted by Gasteiger charge is 2.33. The zero-order valence-electron chi connectivity index (χ0n) is 11.5. The lowest BCUT2D eigenvalue weighted by atomic mass is 9.80. The van der Waals surface area contributed by atoms with Gasteiger partial charge in [-0.25, -0.2) is 0 Å². The molecule has 118 valence electrons. The molecule has 0 aromatic carbocycles. The maximum Gasteiger partial charge on any atom is 0.406 e. The van der Waals surface area contributed by atoms with Crippen LogP contribution in [0.1, 0.15) is 32.1 Å². The van der Waals surface area contributed by atoms with Crippen molar-refractivity contribution in [3.63, 3.8) is 0 Å². The molecular formula is C13H23F3N2O2. The molecule has 7 heteroatoms. The molecule has 0 aromatic heterocycles. The van der Waals surface area contributed by atoms with E-state index in [1.165, 1.54) is 0 Å². The summed E-state index contributed by atoms with van der Waals surface area (Å²) in [5.74, 6) is 0.0948. The molecule has 0 saturated heterocycles. The Kier molecular flexibility index (Phi) is 6.75. The SMILES string of the molecule is NCC1CCC(CC(=O)N(CCO)CC(F)(F)F)CC1. The first-order valence-electron chi connectivity index (χ1n) is 7.01. The molecule has 0 radical (unpaired) electrons. The van der Waals surface area contributed by atoms with Gasteiger partial charge in [0, 0.05) is 13.0 Å².